The molecule has 29 heavy (non-hydrogen) atoms. The van der Waals surface area contributed by atoms with Crippen LogP contribution in [0.5, 0.6) is 0 Å². The maximum atomic E-state index is 2.61. The summed E-state index contributed by atoms with van der Waals surface area (Å²) in [5, 5.41) is 0. The molecule has 0 radical (unpaired) electrons. The van der Waals surface area contributed by atoms with Gasteiger partial charge in [0.05, 0.1) is 0 Å². The lowest BCUT2D eigenvalue weighted by molar-refractivity contribution is 0.238. The standard InChI is InChI=1S/C27H29NS/c1-21-8-10-23(11-9-21)18-28-19-24(16-22-12-14-27(29-2)15-13-22)17-26(20-28)25-6-4-3-5-7-25/h3-16,26H,17-20H2,1-2H3. The molecule has 0 N–H and O–H groups in total. The molecule has 0 spiro atoms. The lowest BCUT2D eigenvalue weighted by Crippen LogP contribution is -2.35. The molecule has 1 aliphatic heterocycles. The number of nitrogens with zero attached hydrogens (tertiary/aromatic N) is 1. The van der Waals surface area contributed by atoms with E-state index in [1.807, 2.05) is 0 Å². The quantitative estimate of drug-likeness (QED) is 0.435. The fourth-order valence-corrected chi connectivity index (χ4v) is 4.58. The summed E-state index contributed by atoms with van der Waals surface area (Å²) in [6.45, 7) is 5.31. The molecule has 1 heterocycles. The van der Waals surface area contributed by atoms with Crippen molar-refractivity contribution in [1.29, 1.82) is 0 Å². The molecular weight excluding hydrogens is 370 g/mol. The van der Waals surface area contributed by atoms with Gasteiger partial charge in [0.15, 0.2) is 0 Å². The molecule has 0 saturated carbocycles. The van der Waals surface area contributed by atoms with Gasteiger partial charge in [0, 0.05) is 30.4 Å². The summed E-state index contributed by atoms with van der Waals surface area (Å²) in [5.41, 5.74) is 7.00. The van der Waals surface area contributed by atoms with Crippen LogP contribution in [0.1, 0.15) is 34.6 Å². The molecule has 1 atom stereocenters. The Kier molecular flexibility index (Phi) is 6.53. The first kappa shape index (κ1) is 20.0. The van der Waals surface area contributed by atoms with E-state index in [2.05, 4.69) is 103 Å². The average Bonchev–Trinajstić information content (AvgIpc) is 2.76. The van der Waals surface area contributed by atoms with Crippen molar-refractivity contribution in [2.24, 2.45) is 0 Å². The van der Waals surface area contributed by atoms with Crippen molar-refractivity contribution in [2.75, 3.05) is 19.3 Å². The van der Waals surface area contributed by atoms with E-state index in [9.17, 15) is 0 Å². The van der Waals surface area contributed by atoms with Gasteiger partial charge in [0.1, 0.15) is 0 Å². The molecule has 0 aliphatic carbocycles. The number of benzene rings is 3. The lowest BCUT2D eigenvalue weighted by Gasteiger charge is -2.35. The van der Waals surface area contributed by atoms with Crippen LogP contribution in [-0.4, -0.2) is 24.2 Å². The fourth-order valence-electron chi connectivity index (χ4n) is 4.17. The van der Waals surface area contributed by atoms with Gasteiger partial charge in [-0.1, -0.05) is 83.9 Å². The third-order valence-electron chi connectivity index (χ3n) is 5.70. The first-order chi connectivity index (χ1) is 14.2. The molecule has 0 bridgehead atoms. The van der Waals surface area contributed by atoms with Crippen LogP contribution in [0.15, 0.2) is 89.3 Å². The van der Waals surface area contributed by atoms with Crippen LogP contribution in [0.4, 0.5) is 0 Å². The van der Waals surface area contributed by atoms with E-state index in [4.69, 9.17) is 0 Å². The van der Waals surface area contributed by atoms with Crippen molar-refractivity contribution in [1.82, 2.24) is 4.90 Å². The molecule has 4 rings (SSSR count). The Bertz CT molecular complexity index is 942. The molecule has 1 nitrogen and oxygen atoms in total. The lowest BCUT2D eigenvalue weighted by atomic mass is 9.87. The molecule has 1 fully saturated rings. The zero-order valence-electron chi connectivity index (χ0n) is 17.3. The van der Waals surface area contributed by atoms with Crippen molar-refractivity contribution >= 4 is 17.8 Å². The van der Waals surface area contributed by atoms with Crippen LogP contribution >= 0.6 is 11.8 Å². The normalized spacial score (nSPS) is 18.8. The topological polar surface area (TPSA) is 3.24 Å². The van der Waals surface area contributed by atoms with Crippen molar-refractivity contribution in [3.63, 3.8) is 0 Å². The summed E-state index contributed by atoms with van der Waals surface area (Å²) < 4.78 is 0. The van der Waals surface area contributed by atoms with Gasteiger partial charge in [-0.05, 0) is 48.4 Å². The minimum Gasteiger partial charge on any atom is -0.295 e. The van der Waals surface area contributed by atoms with Gasteiger partial charge in [-0.25, -0.2) is 0 Å². The van der Waals surface area contributed by atoms with Crippen molar-refractivity contribution in [3.05, 3.63) is 107 Å². The molecule has 0 amide bonds. The second-order valence-electron chi connectivity index (χ2n) is 8.04. The van der Waals surface area contributed by atoms with E-state index in [1.54, 1.807) is 11.8 Å². The highest BCUT2D eigenvalue weighted by atomic mass is 32.2. The molecule has 2 heteroatoms. The number of thioether (sulfide) groups is 1. The van der Waals surface area contributed by atoms with Gasteiger partial charge < -0.3 is 0 Å². The third kappa shape index (κ3) is 5.41. The van der Waals surface area contributed by atoms with Crippen LogP contribution in [0, 0.1) is 6.92 Å². The molecule has 1 unspecified atom stereocenters. The monoisotopic (exact) mass is 399 g/mol. The predicted octanol–water partition coefficient (Wildman–Crippen LogP) is 6.79. The Morgan fingerprint density at radius 1 is 0.931 bits per heavy atom. The van der Waals surface area contributed by atoms with Crippen LogP contribution in [0.2, 0.25) is 0 Å². The largest absolute Gasteiger partial charge is 0.295 e. The van der Waals surface area contributed by atoms with Crippen LogP contribution in [0.25, 0.3) is 6.08 Å². The number of hydrogen-bond acceptors (Lipinski definition) is 2. The number of likely N-dealkylation sites (tertiary alicyclic amines) is 1. The number of rotatable bonds is 5. The number of hydrogen-bond donors (Lipinski definition) is 0. The smallest absolute Gasteiger partial charge is 0.0237 e. The van der Waals surface area contributed by atoms with Gasteiger partial charge in [-0.3, -0.25) is 4.90 Å². The second-order valence-corrected chi connectivity index (χ2v) is 8.92. The third-order valence-corrected chi connectivity index (χ3v) is 6.44. The molecule has 0 aromatic heterocycles. The molecule has 1 saturated heterocycles. The van der Waals surface area contributed by atoms with Crippen LogP contribution < -0.4 is 0 Å². The van der Waals surface area contributed by atoms with Gasteiger partial charge in [0.2, 0.25) is 0 Å². The van der Waals surface area contributed by atoms with Crippen molar-refractivity contribution in [2.45, 2.75) is 30.7 Å². The highest BCUT2D eigenvalue weighted by Gasteiger charge is 2.24. The van der Waals surface area contributed by atoms with Gasteiger partial charge in [-0.2, -0.15) is 0 Å². The highest BCUT2D eigenvalue weighted by Crippen LogP contribution is 2.32. The minimum absolute atomic E-state index is 0.548. The summed E-state index contributed by atoms with van der Waals surface area (Å²) in [6.07, 6.45) is 5.67. The Hall–Kier alpha value is -2.29. The summed E-state index contributed by atoms with van der Waals surface area (Å²) in [5.74, 6) is 0.548. The van der Waals surface area contributed by atoms with Crippen molar-refractivity contribution in [3.8, 4) is 0 Å². The molecular formula is C27H29NS. The predicted molar refractivity (Wildman–Crippen MR) is 126 cm³/mol. The number of piperidine rings is 1. The first-order valence-electron chi connectivity index (χ1n) is 10.4. The Balaban J connectivity index is 1.57. The molecule has 148 valence electrons. The Labute approximate surface area is 179 Å². The molecule has 3 aromatic rings. The second kappa shape index (κ2) is 9.47. The van der Waals surface area contributed by atoms with E-state index < -0.39 is 0 Å². The summed E-state index contributed by atoms with van der Waals surface area (Å²) >= 11 is 1.79. The average molecular weight is 400 g/mol. The maximum Gasteiger partial charge on any atom is 0.0237 e. The SMILES string of the molecule is CSc1ccc(C=C2CC(c3ccccc3)CN(Cc3ccc(C)cc3)C2)cc1. The minimum atomic E-state index is 0.548. The summed E-state index contributed by atoms with van der Waals surface area (Å²) in [6, 6.07) is 28.9. The van der Waals surface area contributed by atoms with Crippen LogP contribution in [-0.2, 0) is 6.54 Å². The maximum absolute atomic E-state index is 2.61. The Morgan fingerprint density at radius 3 is 2.34 bits per heavy atom. The molecule has 3 aromatic carbocycles. The van der Waals surface area contributed by atoms with Gasteiger partial charge in [0.25, 0.3) is 0 Å². The summed E-state index contributed by atoms with van der Waals surface area (Å²) in [4.78, 5) is 3.92. The highest BCUT2D eigenvalue weighted by molar-refractivity contribution is 7.98. The van der Waals surface area contributed by atoms with Gasteiger partial charge in [-0.15, -0.1) is 11.8 Å². The Morgan fingerprint density at radius 2 is 1.66 bits per heavy atom. The first-order valence-corrected chi connectivity index (χ1v) is 11.6. The van der Waals surface area contributed by atoms with Crippen LogP contribution in [0.3, 0.4) is 0 Å². The van der Waals surface area contributed by atoms with E-state index in [1.165, 1.54) is 32.7 Å². The van der Waals surface area contributed by atoms with Gasteiger partial charge >= 0.3 is 0 Å². The number of aryl methyl sites for hydroxylation is 1. The van der Waals surface area contributed by atoms with E-state index in [-0.39, 0.29) is 0 Å². The van der Waals surface area contributed by atoms with E-state index >= 15 is 0 Å². The fraction of sp³-hybridized carbons (Fsp3) is 0.259. The van der Waals surface area contributed by atoms with Crippen molar-refractivity contribution < 1.29 is 0 Å². The zero-order chi connectivity index (χ0) is 20.1. The zero-order valence-corrected chi connectivity index (χ0v) is 18.2. The molecule has 1 aliphatic rings. The summed E-state index contributed by atoms with van der Waals surface area (Å²) in [7, 11) is 0. The van der Waals surface area contributed by atoms with E-state index in [0.717, 1.165) is 26.1 Å². The van der Waals surface area contributed by atoms with E-state index in [0.29, 0.717) is 5.92 Å².